The largest absolute Gasteiger partial charge is 0.493 e. The number of hydrogen-bond acceptors (Lipinski definition) is 5. The number of carbonyl (C=O) groups excluding carboxylic acids is 1. The Morgan fingerprint density at radius 1 is 1.17 bits per heavy atom. The minimum absolute atomic E-state index is 0.0370. The summed E-state index contributed by atoms with van der Waals surface area (Å²) in [6, 6.07) is 4.48. The van der Waals surface area contributed by atoms with Crippen LogP contribution < -0.4 is 14.8 Å². The van der Waals surface area contributed by atoms with Gasteiger partial charge in [-0.1, -0.05) is 12.8 Å². The van der Waals surface area contributed by atoms with Crippen LogP contribution in [0.2, 0.25) is 0 Å². The molecule has 0 radical (unpaired) electrons. The highest BCUT2D eigenvalue weighted by molar-refractivity contribution is 7.91. The first-order valence-corrected chi connectivity index (χ1v) is 9.35. The molecular formula is C16H23NO5S. The van der Waals surface area contributed by atoms with Crippen LogP contribution in [0, 0.1) is 5.92 Å². The normalized spacial score (nSPS) is 15.4. The predicted molar refractivity (Wildman–Crippen MR) is 86.6 cm³/mol. The van der Waals surface area contributed by atoms with Gasteiger partial charge in [-0.25, -0.2) is 8.42 Å². The van der Waals surface area contributed by atoms with Gasteiger partial charge in [-0.3, -0.25) is 4.79 Å². The van der Waals surface area contributed by atoms with Gasteiger partial charge in [-0.05, 0) is 25.0 Å². The third kappa shape index (κ3) is 4.37. The second kappa shape index (κ2) is 7.68. The lowest BCUT2D eigenvalue weighted by Gasteiger charge is -2.12. The summed E-state index contributed by atoms with van der Waals surface area (Å²) in [6.07, 6.45) is 3.94. The summed E-state index contributed by atoms with van der Waals surface area (Å²) in [5.41, 5.74) is 0. The summed E-state index contributed by atoms with van der Waals surface area (Å²) in [7, 11) is -0.542. The van der Waals surface area contributed by atoms with E-state index in [4.69, 9.17) is 9.47 Å². The van der Waals surface area contributed by atoms with Crippen molar-refractivity contribution in [1.29, 1.82) is 0 Å². The van der Waals surface area contributed by atoms with Crippen molar-refractivity contribution < 1.29 is 22.7 Å². The maximum atomic E-state index is 12.4. The average Bonchev–Trinajstić information content (AvgIpc) is 3.08. The molecule has 128 valence electrons. The van der Waals surface area contributed by atoms with Gasteiger partial charge >= 0.3 is 0 Å². The minimum atomic E-state index is -3.49. The fourth-order valence-electron chi connectivity index (χ4n) is 2.77. The monoisotopic (exact) mass is 341 g/mol. The highest BCUT2D eigenvalue weighted by atomic mass is 32.2. The standard InChI is InChI=1S/C16H23NO5S/c1-21-14-8-7-13(11-15(14)22-2)23(19,20)10-9-17-16(18)12-5-3-4-6-12/h7-8,11-12H,3-6,9-10H2,1-2H3,(H,17,18). The summed E-state index contributed by atoms with van der Waals surface area (Å²) >= 11 is 0. The molecule has 1 aromatic rings. The van der Waals surface area contributed by atoms with Crippen molar-refractivity contribution in [3.63, 3.8) is 0 Å². The first-order valence-electron chi connectivity index (χ1n) is 7.70. The Bertz CT molecular complexity index is 650. The van der Waals surface area contributed by atoms with E-state index < -0.39 is 9.84 Å². The third-order valence-corrected chi connectivity index (χ3v) is 5.82. The highest BCUT2D eigenvalue weighted by Gasteiger charge is 2.23. The van der Waals surface area contributed by atoms with Crippen LogP contribution in [0.4, 0.5) is 0 Å². The van der Waals surface area contributed by atoms with Crippen molar-refractivity contribution >= 4 is 15.7 Å². The van der Waals surface area contributed by atoms with Crippen LogP contribution in [0.1, 0.15) is 25.7 Å². The molecule has 0 saturated heterocycles. The van der Waals surface area contributed by atoms with Gasteiger partial charge in [0.2, 0.25) is 5.91 Å². The Morgan fingerprint density at radius 2 is 1.83 bits per heavy atom. The molecule has 1 aliphatic carbocycles. The smallest absolute Gasteiger partial charge is 0.223 e. The van der Waals surface area contributed by atoms with Gasteiger partial charge in [0.1, 0.15) is 0 Å². The number of rotatable bonds is 7. The molecule has 1 N–H and O–H groups in total. The molecule has 0 bridgehead atoms. The Kier molecular flexibility index (Phi) is 5.87. The van der Waals surface area contributed by atoms with Gasteiger partial charge < -0.3 is 14.8 Å². The van der Waals surface area contributed by atoms with Gasteiger partial charge in [-0.15, -0.1) is 0 Å². The third-order valence-electron chi connectivity index (χ3n) is 4.11. The zero-order chi connectivity index (χ0) is 16.9. The van der Waals surface area contributed by atoms with Crippen molar-refractivity contribution in [2.24, 2.45) is 5.92 Å². The molecule has 0 unspecified atom stereocenters. The second-order valence-electron chi connectivity index (χ2n) is 5.61. The van der Waals surface area contributed by atoms with E-state index in [1.54, 1.807) is 6.07 Å². The molecule has 2 rings (SSSR count). The summed E-state index contributed by atoms with van der Waals surface area (Å²) in [6.45, 7) is 0.117. The number of methoxy groups -OCH3 is 2. The fraction of sp³-hybridized carbons (Fsp3) is 0.562. The number of nitrogens with one attached hydrogen (secondary N) is 1. The summed E-state index contributed by atoms with van der Waals surface area (Å²) in [5, 5.41) is 2.73. The Balaban J connectivity index is 1.97. The number of ether oxygens (including phenoxy) is 2. The maximum absolute atomic E-state index is 12.4. The molecule has 0 aromatic heterocycles. The number of carbonyl (C=O) groups is 1. The lowest BCUT2D eigenvalue weighted by Crippen LogP contribution is -2.33. The summed E-state index contributed by atoms with van der Waals surface area (Å²) < 4.78 is 34.9. The Hall–Kier alpha value is -1.76. The van der Waals surface area contributed by atoms with Gasteiger partial charge in [0.05, 0.1) is 24.9 Å². The van der Waals surface area contributed by atoms with Crippen LogP contribution in [0.5, 0.6) is 11.5 Å². The quantitative estimate of drug-likeness (QED) is 0.817. The van der Waals surface area contributed by atoms with Gasteiger partial charge in [0.15, 0.2) is 21.3 Å². The van der Waals surface area contributed by atoms with E-state index in [2.05, 4.69) is 5.32 Å². The van der Waals surface area contributed by atoms with Crippen molar-refractivity contribution in [3.05, 3.63) is 18.2 Å². The summed E-state index contributed by atoms with van der Waals surface area (Å²) in [5.74, 6) is 0.703. The molecule has 6 nitrogen and oxygen atoms in total. The molecule has 0 aliphatic heterocycles. The highest BCUT2D eigenvalue weighted by Crippen LogP contribution is 2.29. The van der Waals surface area contributed by atoms with E-state index in [1.165, 1.54) is 26.4 Å². The van der Waals surface area contributed by atoms with Crippen LogP contribution >= 0.6 is 0 Å². The lowest BCUT2D eigenvalue weighted by molar-refractivity contribution is -0.124. The van der Waals surface area contributed by atoms with E-state index in [0.29, 0.717) is 11.5 Å². The van der Waals surface area contributed by atoms with Crippen molar-refractivity contribution in [2.75, 3.05) is 26.5 Å². The number of sulfone groups is 1. The second-order valence-corrected chi connectivity index (χ2v) is 7.72. The molecule has 0 heterocycles. The maximum Gasteiger partial charge on any atom is 0.223 e. The average molecular weight is 341 g/mol. The van der Waals surface area contributed by atoms with E-state index in [9.17, 15) is 13.2 Å². The van der Waals surface area contributed by atoms with Crippen molar-refractivity contribution in [1.82, 2.24) is 5.32 Å². The fourth-order valence-corrected chi connectivity index (χ4v) is 3.94. The SMILES string of the molecule is COc1ccc(S(=O)(=O)CCNC(=O)C2CCCC2)cc1OC. The predicted octanol–water partition coefficient (Wildman–Crippen LogP) is 1.78. The van der Waals surface area contributed by atoms with Crippen LogP contribution in [0.25, 0.3) is 0 Å². The molecule has 23 heavy (non-hydrogen) atoms. The number of benzene rings is 1. The van der Waals surface area contributed by atoms with Crippen molar-refractivity contribution in [3.8, 4) is 11.5 Å². The molecule has 0 spiro atoms. The van der Waals surface area contributed by atoms with Crippen LogP contribution in [-0.4, -0.2) is 40.8 Å². The molecule has 1 saturated carbocycles. The van der Waals surface area contributed by atoms with E-state index in [-0.39, 0.29) is 29.0 Å². The topological polar surface area (TPSA) is 81.7 Å². The molecule has 7 heteroatoms. The zero-order valence-electron chi connectivity index (χ0n) is 13.5. The van der Waals surface area contributed by atoms with Crippen molar-refractivity contribution in [2.45, 2.75) is 30.6 Å². The van der Waals surface area contributed by atoms with Crippen LogP contribution in [-0.2, 0) is 14.6 Å². The number of amides is 1. The van der Waals surface area contributed by atoms with Crippen LogP contribution in [0.15, 0.2) is 23.1 Å². The summed E-state index contributed by atoms with van der Waals surface area (Å²) in [4.78, 5) is 12.1. The van der Waals surface area contributed by atoms with Crippen LogP contribution in [0.3, 0.4) is 0 Å². The Morgan fingerprint density at radius 3 is 2.43 bits per heavy atom. The first kappa shape index (κ1) is 17.6. The molecule has 1 aromatic carbocycles. The lowest BCUT2D eigenvalue weighted by atomic mass is 10.1. The molecule has 1 fully saturated rings. The molecule has 1 amide bonds. The van der Waals surface area contributed by atoms with Gasteiger partial charge in [0, 0.05) is 18.5 Å². The zero-order valence-corrected chi connectivity index (χ0v) is 14.3. The van der Waals surface area contributed by atoms with E-state index in [0.717, 1.165) is 25.7 Å². The molecular weight excluding hydrogens is 318 g/mol. The van der Waals surface area contributed by atoms with Gasteiger partial charge in [-0.2, -0.15) is 0 Å². The minimum Gasteiger partial charge on any atom is -0.493 e. The molecule has 0 atom stereocenters. The first-order chi connectivity index (χ1) is 11.0. The number of hydrogen-bond donors (Lipinski definition) is 1. The van der Waals surface area contributed by atoms with E-state index >= 15 is 0 Å². The Labute approximate surface area is 137 Å². The molecule has 1 aliphatic rings. The van der Waals surface area contributed by atoms with Gasteiger partial charge in [0.25, 0.3) is 0 Å². The van der Waals surface area contributed by atoms with E-state index in [1.807, 2.05) is 0 Å².